The van der Waals surface area contributed by atoms with E-state index in [4.69, 9.17) is 32.7 Å². The Kier molecular flexibility index (Phi) is 11.6. The van der Waals surface area contributed by atoms with Crippen molar-refractivity contribution in [3.05, 3.63) is 91.7 Å². The van der Waals surface area contributed by atoms with E-state index >= 15 is 0 Å². The van der Waals surface area contributed by atoms with Gasteiger partial charge in [-0.05, 0) is 49.6 Å². The largest absolute Gasteiger partial charge is 0.478 e. The smallest absolute Gasteiger partial charge is 0.334 e. The van der Waals surface area contributed by atoms with Gasteiger partial charge in [-0.25, -0.2) is 9.59 Å². The van der Waals surface area contributed by atoms with Crippen molar-refractivity contribution in [2.45, 2.75) is 45.1 Å². The number of aryl methyl sites for hydroxylation is 1. The lowest BCUT2D eigenvalue weighted by Crippen LogP contribution is -2.45. The standard InChI is InChI=1S/C31H36Cl2N2O7/c1-5-34-15-16-42-18-20-10-7-6-9-19(20)13-14-23-27(29(37)38)31(2,26-21(32)11-8-12-22(26)33)28(30(39)40)24(35(23)3)17-25(36)41-4/h6-12,34H,5,13-18H2,1-4H3,(H,37,38)(H,39,40). The van der Waals surface area contributed by atoms with Gasteiger partial charge in [0.1, 0.15) is 0 Å². The average Bonchev–Trinajstić information content (AvgIpc) is 2.93. The van der Waals surface area contributed by atoms with Crippen LogP contribution in [0.25, 0.3) is 0 Å². The van der Waals surface area contributed by atoms with Gasteiger partial charge in [0, 0.05) is 40.6 Å². The van der Waals surface area contributed by atoms with Gasteiger partial charge in [-0.1, -0.05) is 60.5 Å². The first-order chi connectivity index (χ1) is 20.0. The third-order valence-electron chi connectivity index (χ3n) is 7.50. The summed E-state index contributed by atoms with van der Waals surface area (Å²) in [5, 5.41) is 24.6. The number of esters is 1. The molecule has 1 aliphatic heterocycles. The summed E-state index contributed by atoms with van der Waals surface area (Å²) in [7, 11) is 2.76. The van der Waals surface area contributed by atoms with E-state index in [1.54, 1.807) is 13.1 Å². The first kappa shape index (κ1) is 33.1. The molecule has 0 saturated heterocycles. The fourth-order valence-corrected chi connectivity index (χ4v) is 6.28. The highest BCUT2D eigenvalue weighted by atomic mass is 35.5. The number of likely N-dealkylation sites (N-methyl/N-ethyl adjacent to an activating group) is 1. The topological polar surface area (TPSA) is 125 Å². The van der Waals surface area contributed by atoms with Crippen molar-refractivity contribution in [1.82, 2.24) is 10.2 Å². The lowest BCUT2D eigenvalue weighted by molar-refractivity contribution is -0.140. The molecule has 3 N–H and O–H groups in total. The van der Waals surface area contributed by atoms with E-state index in [2.05, 4.69) is 5.32 Å². The average molecular weight is 620 g/mol. The number of hydrogen-bond donors (Lipinski definition) is 3. The Bertz CT molecular complexity index is 1390. The second-order valence-corrected chi connectivity index (χ2v) is 10.8. The van der Waals surface area contributed by atoms with Crippen molar-refractivity contribution in [1.29, 1.82) is 0 Å². The Morgan fingerprint density at radius 2 is 1.52 bits per heavy atom. The van der Waals surface area contributed by atoms with Crippen molar-refractivity contribution in [2.75, 3.05) is 33.9 Å². The Labute approximate surface area is 255 Å². The summed E-state index contributed by atoms with van der Waals surface area (Å²) < 4.78 is 10.7. The molecule has 1 aliphatic rings. The zero-order valence-electron chi connectivity index (χ0n) is 24.1. The minimum atomic E-state index is -1.81. The van der Waals surface area contributed by atoms with Crippen LogP contribution in [0.4, 0.5) is 0 Å². The number of halogens is 2. The molecule has 0 fully saturated rings. The van der Waals surface area contributed by atoms with Gasteiger partial charge >= 0.3 is 17.9 Å². The summed E-state index contributed by atoms with van der Waals surface area (Å²) >= 11 is 13.2. The number of rotatable bonds is 14. The van der Waals surface area contributed by atoms with Crippen molar-refractivity contribution < 1.29 is 34.1 Å². The number of methoxy groups -OCH3 is 1. The van der Waals surface area contributed by atoms with E-state index < -0.39 is 29.7 Å². The molecule has 0 spiro atoms. The maximum Gasteiger partial charge on any atom is 0.334 e. The van der Waals surface area contributed by atoms with Crippen LogP contribution in [0, 0.1) is 0 Å². The number of nitrogens with zero attached hydrogens (tertiary/aromatic N) is 1. The first-order valence-electron chi connectivity index (χ1n) is 13.5. The van der Waals surface area contributed by atoms with Crippen molar-refractivity contribution in [3.8, 4) is 0 Å². The molecule has 1 heterocycles. The minimum Gasteiger partial charge on any atom is -0.478 e. The second-order valence-electron chi connectivity index (χ2n) is 9.96. The molecule has 0 saturated carbocycles. The maximum atomic E-state index is 13.1. The maximum absolute atomic E-state index is 13.1. The number of benzene rings is 2. The lowest BCUT2D eigenvalue weighted by Gasteiger charge is -2.43. The van der Waals surface area contributed by atoms with E-state index in [0.29, 0.717) is 25.3 Å². The Morgan fingerprint density at radius 1 is 0.929 bits per heavy atom. The molecule has 0 amide bonds. The van der Waals surface area contributed by atoms with Gasteiger partial charge < -0.3 is 29.9 Å². The first-order valence-corrected chi connectivity index (χ1v) is 14.3. The van der Waals surface area contributed by atoms with E-state index in [-0.39, 0.29) is 38.9 Å². The van der Waals surface area contributed by atoms with Gasteiger partial charge in [0.15, 0.2) is 0 Å². The van der Waals surface area contributed by atoms with Crippen LogP contribution in [0.2, 0.25) is 10.0 Å². The molecule has 1 atom stereocenters. The number of carboxylic acid groups (broad SMARTS) is 2. The Hall–Kier alpha value is -3.37. The highest BCUT2D eigenvalue weighted by Crippen LogP contribution is 2.52. The summed E-state index contributed by atoms with van der Waals surface area (Å²) in [5.41, 5.74) is 0.135. The van der Waals surface area contributed by atoms with Crippen LogP contribution in [-0.4, -0.2) is 66.9 Å². The molecule has 1 unspecified atom stereocenters. The summed E-state index contributed by atoms with van der Waals surface area (Å²) in [6.45, 7) is 5.99. The molecular weight excluding hydrogens is 583 g/mol. The molecule has 2 aromatic rings. The van der Waals surface area contributed by atoms with Crippen LogP contribution in [-0.2, 0) is 42.3 Å². The predicted molar refractivity (Wildman–Crippen MR) is 160 cm³/mol. The molecule has 11 heteroatoms. The predicted octanol–water partition coefficient (Wildman–Crippen LogP) is 5.20. The van der Waals surface area contributed by atoms with Gasteiger partial charge in [-0.3, -0.25) is 4.79 Å². The van der Waals surface area contributed by atoms with Gasteiger partial charge in [0.05, 0.1) is 43.3 Å². The molecule has 0 aliphatic carbocycles. The van der Waals surface area contributed by atoms with E-state index in [9.17, 15) is 24.6 Å². The molecule has 0 aromatic heterocycles. The molecule has 42 heavy (non-hydrogen) atoms. The molecule has 0 bridgehead atoms. The third-order valence-corrected chi connectivity index (χ3v) is 8.13. The molecule has 2 aromatic carbocycles. The third kappa shape index (κ3) is 6.98. The quantitative estimate of drug-likeness (QED) is 0.193. The van der Waals surface area contributed by atoms with Gasteiger partial charge in [0.25, 0.3) is 0 Å². The molecule has 3 rings (SSSR count). The molecule has 0 radical (unpaired) electrons. The highest BCUT2D eigenvalue weighted by Gasteiger charge is 2.51. The second kappa shape index (κ2) is 14.7. The Balaban J connectivity index is 2.18. The monoisotopic (exact) mass is 618 g/mol. The number of hydrogen-bond acceptors (Lipinski definition) is 7. The summed E-state index contributed by atoms with van der Waals surface area (Å²) in [6, 6.07) is 12.4. The summed E-state index contributed by atoms with van der Waals surface area (Å²) in [6.07, 6.45) is 0.226. The zero-order chi connectivity index (χ0) is 31.0. The number of allylic oxidation sites excluding steroid dienone is 1. The number of carboxylic acids is 2. The fraction of sp³-hybridized carbons (Fsp3) is 0.387. The normalized spacial score (nSPS) is 17.0. The molecular formula is C31H36Cl2N2O7. The number of carbonyl (C=O) groups is 3. The molecule has 9 nitrogen and oxygen atoms in total. The summed E-state index contributed by atoms with van der Waals surface area (Å²) in [4.78, 5) is 40.0. The van der Waals surface area contributed by atoms with Gasteiger partial charge in [-0.2, -0.15) is 0 Å². The zero-order valence-corrected chi connectivity index (χ0v) is 25.6. The van der Waals surface area contributed by atoms with Gasteiger partial charge in [-0.15, -0.1) is 0 Å². The minimum absolute atomic E-state index is 0.0906. The summed E-state index contributed by atoms with van der Waals surface area (Å²) in [5.74, 6) is -3.41. The number of ether oxygens (including phenoxy) is 2. The SMILES string of the molecule is CCNCCOCc1ccccc1CCC1=C(C(=O)O)C(C)(c2c(Cl)cccc2Cl)C(C(=O)O)=C(CC(=O)OC)N1C. The highest BCUT2D eigenvalue weighted by molar-refractivity contribution is 6.36. The van der Waals surface area contributed by atoms with Crippen molar-refractivity contribution >= 4 is 41.1 Å². The van der Waals surface area contributed by atoms with Crippen LogP contribution in [0.3, 0.4) is 0 Å². The lowest BCUT2D eigenvalue weighted by atomic mass is 9.66. The van der Waals surface area contributed by atoms with E-state index in [1.165, 1.54) is 31.1 Å². The Morgan fingerprint density at radius 3 is 2.10 bits per heavy atom. The van der Waals surface area contributed by atoms with Crippen LogP contribution >= 0.6 is 23.2 Å². The number of nitrogens with one attached hydrogen (secondary N) is 1. The van der Waals surface area contributed by atoms with Crippen LogP contribution in [0.5, 0.6) is 0 Å². The van der Waals surface area contributed by atoms with E-state index in [1.807, 2.05) is 31.2 Å². The number of carbonyl (C=O) groups excluding carboxylic acids is 1. The molecule has 226 valence electrons. The number of aliphatic carboxylic acids is 2. The van der Waals surface area contributed by atoms with Crippen LogP contribution < -0.4 is 5.32 Å². The van der Waals surface area contributed by atoms with Crippen molar-refractivity contribution in [3.63, 3.8) is 0 Å². The fourth-order valence-electron chi connectivity index (χ4n) is 5.51. The van der Waals surface area contributed by atoms with Crippen molar-refractivity contribution in [2.24, 2.45) is 0 Å². The van der Waals surface area contributed by atoms with Gasteiger partial charge in [0.2, 0.25) is 0 Å². The van der Waals surface area contributed by atoms with Crippen LogP contribution in [0.15, 0.2) is 65.0 Å². The van der Waals surface area contributed by atoms with Crippen LogP contribution in [0.1, 0.15) is 43.4 Å². The van der Waals surface area contributed by atoms with E-state index in [0.717, 1.165) is 24.2 Å².